The van der Waals surface area contributed by atoms with E-state index in [0.717, 1.165) is 38.2 Å². The van der Waals surface area contributed by atoms with Crippen LogP contribution in [0, 0.1) is 0 Å². The lowest BCUT2D eigenvalue weighted by Gasteiger charge is -2.37. The Labute approximate surface area is 184 Å². The van der Waals surface area contributed by atoms with E-state index in [9.17, 15) is 4.79 Å². The van der Waals surface area contributed by atoms with Crippen molar-refractivity contribution in [3.05, 3.63) is 12.2 Å². The Morgan fingerprint density at radius 3 is 2.71 bits per heavy atom. The summed E-state index contributed by atoms with van der Waals surface area (Å²) in [5.41, 5.74) is -0.487. The number of guanidine groups is 1. The minimum atomic E-state index is -0.487. The third-order valence-corrected chi connectivity index (χ3v) is 4.29. The number of hydrogen-bond acceptors (Lipinski definition) is 5. The van der Waals surface area contributed by atoms with E-state index in [-0.39, 0.29) is 36.1 Å². The predicted molar refractivity (Wildman–Crippen MR) is 120 cm³/mol. The minimum Gasteiger partial charge on any atom is -0.444 e. The lowest BCUT2D eigenvalue weighted by Crippen LogP contribution is -2.52. The van der Waals surface area contributed by atoms with Gasteiger partial charge in [0, 0.05) is 26.7 Å². The summed E-state index contributed by atoms with van der Waals surface area (Å²) >= 11 is 0. The van der Waals surface area contributed by atoms with E-state index in [1.54, 1.807) is 4.68 Å². The Morgan fingerprint density at radius 2 is 2.11 bits per heavy atom. The first kappa shape index (κ1) is 24.4. The molecule has 1 aromatic heterocycles. The van der Waals surface area contributed by atoms with Gasteiger partial charge in [0.05, 0.1) is 6.04 Å². The zero-order valence-corrected chi connectivity index (χ0v) is 19.9. The Bertz CT molecular complexity index is 642. The van der Waals surface area contributed by atoms with Gasteiger partial charge in [0.1, 0.15) is 24.3 Å². The number of likely N-dealkylation sites (tertiary alicyclic amines) is 1. The van der Waals surface area contributed by atoms with E-state index in [2.05, 4.69) is 25.7 Å². The number of aryl methyl sites for hydroxylation is 1. The highest BCUT2D eigenvalue weighted by atomic mass is 127. The summed E-state index contributed by atoms with van der Waals surface area (Å²) in [4.78, 5) is 23.1. The first-order valence-electron chi connectivity index (χ1n) is 9.65. The van der Waals surface area contributed by atoms with E-state index >= 15 is 0 Å². The van der Waals surface area contributed by atoms with Crippen molar-refractivity contribution in [3.63, 3.8) is 0 Å². The van der Waals surface area contributed by atoms with Crippen LogP contribution in [-0.2, 0) is 18.3 Å². The summed E-state index contributed by atoms with van der Waals surface area (Å²) < 4.78 is 7.27. The van der Waals surface area contributed by atoms with Gasteiger partial charge in [-0.15, -0.1) is 24.0 Å². The van der Waals surface area contributed by atoms with Crippen molar-refractivity contribution in [1.82, 2.24) is 30.3 Å². The van der Waals surface area contributed by atoms with Gasteiger partial charge in [-0.25, -0.2) is 14.8 Å². The molecule has 0 saturated carbocycles. The largest absolute Gasteiger partial charge is 0.444 e. The third-order valence-electron chi connectivity index (χ3n) is 4.29. The molecule has 1 amide bonds. The number of aromatic nitrogens is 3. The Kier molecular flexibility index (Phi) is 9.97. The average molecular weight is 507 g/mol. The number of aliphatic imine (C=N–C) groups is 1. The molecule has 1 saturated heterocycles. The van der Waals surface area contributed by atoms with Crippen molar-refractivity contribution in [2.75, 3.05) is 19.6 Å². The number of carbonyl (C=O) groups is 1. The lowest BCUT2D eigenvalue weighted by atomic mass is 10.0. The van der Waals surface area contributed by atoms with Crippen molar-refractivity contribution in [1.29, 1.82) is 0 Å². The normalized spacial score (nSPS) is 17.7. The molecule has 1 unspecified atom stereocenters. The summed E-state index contributed by atoms with van der Waals surface area (Å²) in [5.74, 6) is 1.50. The fraction of sp³-hybridized carbons (Fsp3) is 0.778. The van der Waals surface area contributed by atoms with Gasteiger partial charge in [0.15, 0.2) is 5.96 Å². The van der Waals surface area contributed by atoms with Gasteiger partial charge in [0.25, 0.3) is 0 Å². The molecule has 160 valence electrons. The molecule has 0 spiro atoms. The highest BCUT2D eigenvalue weighted by Gasteiger charge is 2.30. The van der Waals surface area contributed by atoms with Crippen LogP contribution in [0.25, 0.3) is 0 Å². The SMILES string of the molecule is CCNC(=NCc1ncnn1C)NCC1CCCCN1C(=O)OC(C)(C)C.I. The summed E-state index contributed by atoms with van der Waals surface area (Å²) in [5, 5.41) is 10.6. The molecule has 2 heterocycles. The quantitative estimate of drug-likeness (QED) is 0.361. The molecule has 0 radical (unpaired) electrons. The molecule has 9 nitrogen and oxygen atoms in total. The van der Waals surface area contributed by atoms with Crippen LogP contribution in [0.1, 0.15) is 52.8 Å². The van der Waals surface area contributed by atoms with E-state index < -0.39 is 5.60 Å². The maximum absolute atomic E-state index is 12.5. The van der Waals surface area contributed by atoms with Crippen molar-refractivity contribution >= 4 is 36.0 Å². The van der Waals surface area contributed by atoms with Gasteiger partial charge >= 0.3 is 6.09 Å². The molecular weight excluding hydrogens is 473 g/mol. The Hall–Kier alpha value is -1.59. The summed E-state index contributed by atoms with van der Waals surface area (Å²) in [6, 6.07) is 0.0901. The third kappa shape index (κ3) is 7.80. The number of ether oxygens (including phenoxy) is 1. The predicted octanol–water partition coefficient (Wildman–Crippen LogP) is 2.28. The molecule has 10 heteroatoms. The molecule has 0 aliphatic carbocycles. The number of rotatable bonds is 5. The van der Waals surface area contributed by atoms with Crippen LogP contribution >= 0.6 is 24.0 Å². The monoisotopic (exact) mass is 507 g/mol. The van der Waals surface area contributed by atoms with Crippen LogP contribution in [-0.4, -0.2) is 63.0 Å². The van der Waals surface area contributed by atoms with Gasteiger partial charge in [-0.1, -0.05) is 0 Å². The van der Waals surface area contributed by atoms with Crippen LogP contribution in [0.3, 0.4) is 0 Å². The van der Waals surface area contributed by atoms with E-state index in [1.165, 1.54) is 6.33 Å². The number of nitrogens with one attached hydrogen (secondary N) is 2. The second-order valence-corrected chi connectivity index (χ2v) is 7.70. The maximum Gasteiger partial charge on any atom is 0.410 e. The topological polar surface area (TPSA) is 96.7 Å². The highest BCUT2D eigenvalue weighted by Crippen LogP contribution is 2.20. The molecule has 0 aromatic carbocycles. The molecule has 1 aliphatic rings. The number of carbonyl (C=O) groups excluding carboxylic acids is 1. The molecule has 2 N–H and O–H groups in total. The van der Waals surface area contributed by atoms with E-state index in [4.69, 9.17) is 4.74 Å². The summed E-state index contributed by atoms with van der Waals surface area (Å²) in [6.45, 7) is 10.3. The van der Waals surface area contributed by atoms with Crippen LogP contribution in [0.2, 0.25) is 0 Å². The van der Waals surface area contributed by atoms with Crippen LogP contribution in [0.15, 0.2) is 11.3 Å². The molecule has 2 rings (SSSR count). The molecule has 1 fully saturated rings. The molecule has 1 atom stereocenters. The van der Waals surface area contributed by atoms with Gasteiger partial charge in [-0.05, 0) is 47.0 Å². The average Bonchev–Trinajstić information content (AvgIpc) is 3.01. The van der Waals surface area contributed by atoms with Crippen LogP contribution in [0.5, 0.6) is 0 Å². The van der Waals surface area contributed by atoms with Gasteiger partial charge < -0.3 is 20.3 Å². The molecule has 28 heavy (non-hydrogen) atoms. The smallest absolute Gasteiger partial charge is 0.410 e. The minimum absolute atomic E-state index is 0. The van der Waals surface area contributed by atoms with Crippen LogP contribution in [0.4, 0.5) is 4.79 Å². The van der Waals surface area contributed by atoms with E-state index in [0.29, 0.717) is 19.0 Å². The second kappa shape index (κ2) is 11.4. The van der Waals surface area contributed by atoms with Gasteiger partial charge in [-0.3, -0.25) is 4.68 Å². The molecule has 1 aromatic rings. The standard InChI is InChI=1S/C18H33N7O2.HI/c1-6-19-16(21-12-15-22-13-23-24(15)5)20-11-14-9-7-8-10-25(14)17(26)27-18(2,3)4;/h13-14H,6-12H2,1-5H3,(H2,19,20,21);1H. The second-order valence-electron chi connectivity index (χ2n) is 7.70. The first-order valence-corrected chi connectivity index (χ1v) is 9.65. The molecular formula is C18H34IN7O2. The summed E-state index contributed by atoms with van der Waals surface area (Å²) in [7, 11) is 1.85. The number of amides is 1. The first-order chi connectivity index (χ1) is 12.8. The molecule has 1 aliphatic heterocycles. The van der Waals surface area contributed by atoms with Crippen molar-refractivity contribution < 1.29 is 9.53 Å². The van der Waals surface area contributed by atoms with E-state index in [1.807, 2.05) is 39.6 Å². The fourth-order valence-corrected chi connectivity index (χ4v) is 2.94. The van der Waals surface area contributed by atoms with Crippen LogP contribution < -0.4 is 10.6 Å². The summed E-state index contributed by atoms with van der Waals surface area (Å²) in [6.07, 6.45) is 4.35. The maximum atomic E-state index is 12.5. The fourth-order valence-electron chi connectivity index (χ4n) is 2.94. The molecule has 0 bridgehead atoms. The number of halogens is 1. The van der Waals surface area contributed by atoms with Crippen molar-refractivity contribution in [3.8, 4) is 0 Å². The van der Waals surface area contributed by atoms with Gasteiger partial charge in [0.2, 0.25) is 0 Å². The number of hydrogen-bond donors (Lipinski definition) is 2. The zero-order chi connectivity index (χ0) is 19.9. The van der Waals surface area contributed by atoms with Crippen molar-refractivity contribution in [2.45, 2.75) is 65.1 Å². The number of piperidine rings is 1. The van der Waals surface area contributed by atoms with Gasteiger partial charge in [-0.2, -0.15) is 5.10 Å². The highest BCUT2D eigenvalue weighted by molar-refractivity contribution is 14.0. The van der Waals surface area contributed by atoms with Crippen molar-refractivity contribution in [2.24, 2.45) is 12.0 Å². The zero-order valence-electron chi connectivity index (χ0n) is 17.6. The Morgan fingerprint density at radius 1 is 1.36 bits per heavy atom. The number of nitrogens with zero attached hydrogens (tertiary/aromatic N) is 5. The Balaban J connectivity index is 0.00000392. The lowest BCUT2D eigenvalue weighted by molar-refractivity contribution is 0.0104.